The van der Waals surface area contributed by atoms with Crippen LogP contribution in [0.5, 0.6) is 0 Å². The van der Waals surface area contributed by atoms with Gasteiger partial charge in [0.15, 0.2) is 5.96 Å². The Bertz CT molecular complexity index is 688. The summed E-state index contributed by atoms with van der Waals surface area (Å²) in [5.41, 5.74) is 1.15. The molecule has 0 aliphatic carbocycles. The van der Waals surface area contributed by atoms with Gasteiger partial charge in [-0.25, -0.2) is 4.98 Å². The first-order valence-electron chi connectivity index (χ1n) is 8.02. The van der Waals surface area contributed by atoms with Crippen LogP contribution in [0.2, 0.25) is 5.02 Å². The minimum atomic E-state index is -0.0396. The van der Waals surface area contributed by atoms with E-state index in [-0.39, 0.29) is 5.41 Å². The van der Waals surface area contributed by atoms with E-state index in [1.54, 1.807) is 13.2 Å². The number of aromatic nitrogens is 1. The molecule has 0 aliphatic heterocycles. The molecule has 0 aliphatic rings. The second kappa shape index (κ2) is 8.20. The van der Waals surface area contributed by atoms with Crippen molar-refractivity contribution in [1.29, 1.82) is 0 Å². The fraction of sp³-hybridized carbons (Fsp3) is 0.444. The molecule has 130 valence electrons. The summed E-state index contributed by atoms with van der Waals surface area (Å²) in [5.74, 6) is 2.24. The lowest BCUT2D eigenvalue weighted by Gasteiger charge is -2.13. The second-order valence-corrected chi connectivity index (χ2v) is 7.04. The smallest absolute Gasteiger partial charge is 0.213 e. The normalized spacial score (nSPS) is 12.3. The first kappa shape index (κ1) is 18.3. The number of nitrogens with one attached hydrogen (secondary N) is 2. The molecule has 1 aromatic heterocycles. The van der Waals surface area contributed by atoms with E-state index >= 15 is 0 Å². The van der Waals surface area contributed by atoms with Gasteiger partial charge in [-0.05, 0) is 24.1 Å². The van der Waals surface area contributed by atoms with Crippen molar-refractivity contribution in [3.63, 3.8) is 0 Å². The molecule has 1 heterocycles. The van der Waals surface area contributed by atoms with Crippen LogP contribution in [0, 0.1) is 0 Å². The quantitative estimate of drug-likeness (QED) is 0.641. The topological polar surface area (TPSA) is 62.5 Å². The highest BCUT2D eigenvalue weighted by molar-refractivity contribution is 6.30. The van der Waals surface area contributed by atoms with Crippen LogP contribution in [0.25, 0.3) is 0 Å². The number of halogens is 1. The number of guanidine groups is 1. The van der Waals surface area contributed by atoms with Gasteiger partial charge in [-0.3, -0.25) is 4.99 Å². The van der Waals surface area contributed by atoms with Gasteiger partial charge in [0.25, 0.3) is 0 Å². The van der Waals surface area contributed by atoms with Gasteiger partial charge >= 0.3 is 0 Å². The van der Waals surface area contributed by atoms with Crippen molar-refractivity contribution in [3.05, 3.63) is 52.7 Å². The number of hydrogen-bond donors (Lipinski definition) is 2. The summed E-state index contributed by atoms with van der Waals surface area (Å²) in [6, 6.07) is 7.87. The molecule has 0 radical (unpaired) electrons. The lowest BCUT2D eigenvalue weighted by Crippen LogP contribution is -2.37. The van der Waals surface area contributed by atoms with Gasteiger partial charge in [0.05, 0.1) is 12.7 Å². The van der Waals surface area contributed by atoms with Crippen molar-refractivity contribution in [2.24, 2.45) is 4.99 Å². The van der Waals surface area contributed by atoms with Gasteiger partial charge in [0, 0.05) is 24.0 Å². The molecule has 0 saturated heterocycles. The van der Waals surface area contributed by atoms with Crippen LogP contribution in [0.4, 0.5) is 0 Å². The van der Waals surface area contributed by atoms with Crippen LogP contribution in [-0.4, -0.2) is 24.5 Å². The maximum Gasteiger partial charge on any atom is 0.213 e. The molecule has 0 atom stereocenters. The highest BCUT2D eigenvalue weighted by Gasteiger charge is 2.19. The molecule has 0 fully saturated rings. The predicted molar refractivity (Wildman–Crippen MR) is 98.6 cm³/mol. The molecule has 6 heteroatoms. The number of rotatable bonds is 5. The van der Waals surface area contributed by atoms with E-state index < -0.39 is 0 Å². The van der Waals surface area contributed by atoms with Crippen LogP contribution in [0.15, 0.2) is 39.9 Å². The van der Waals surface area contributed by atoms with Gasteiger partial charge in [0.1, 0.15) is 5.76 Å². The zero-order valence-corrected chi connectivity index (χ0v) is 15.4. The lowest BCUT2D eigenvalue weighted by atomic mass is 9.94. The Morgan fingerprint density at radius 1 is 1.29 bits per heavy atom. The molecule has 0 amide bonds. The highest BCUT2D eigenvalue weighted by atomic mass is 35.5. The summed E-state index contributed by atoms with van der Waals surface area (Å²) in [4.78, 5) is 8.51. The largest absolute Gasteiger partial charge is 0.443 e. The Morgan fingerprint density at radius 2 is 2.08 bits per heavy atom. The number of aliphatic imine (C=N–C) groups is 1. The monoisotopic (exact) mass is 348 g/mol. The van der Waals surface area contributed by atoms with Crippen LogP contribution >= 0.6 is 11.6 Å². The molecule has 5 nitrogen and oxygen atoms in total. The van der Waals surface area contributed by atoms with E-state index in [0.29, 0.717) is 18.4 Å². The average molecular weight is 349 g/mol. The van der Waals surface area contributed by atoms with E-state index in [1.165, 1.54) is 5.56 Å². The Morgan fingerprint density at radius 3 is 2.71 bits per heavy atom. The summed E-state index contributed by atoms with van der Waals surface area (Å²) in [5, 5.41) is 7.23. The Hall–Kier alpha value is -2.01. The summed E-state index contributed by atoms with van der Waals surface area (Å²) >= 11 is 5.99. The number of hydrogen-bond acceptors (Lipinski definition) is 3. The van der Waals surface area contributed by atoms with Gasteiger partial charge < -0.3 is 15.1 Å². The molecule has 24 heavy (non-hydrogen) atoms. The molecule has 0 saturated carbocycles. The molecule has 0 bridgehead atoms. The summed E-state index contributed by atoms with van der Waals surface area (Å²) < 4.78 is 5.76. The van der Waals surface area contributed by atoms with Crippen molar-refractivity contribution in [2.45, 2.75) is 39.2 Å². The van der Waals surface area contributed by atoms with E-state index in [1.807, 2.05) is 18.2 Å². The van der Waals surface area contributed by atoms with Gasteiger partial charge in [-0.2, -0.15) is 0 Å². The SMILES string of the molecule is CN=C(NCCc1cccc(Cl)c1)NCc1ncc(C(C)(C)C)o1. The van der Waals surface area contributed by atoms with Crippen molar-refractivity contribution in [1.82, 2.24) is 15.6 Å². The fourth-order valence-corrected chi connectivity index (χ4v) is 2.35. The molecule has 2 N–H and O–H groups in total. The molecular weight excluding hydrogens is 324 g/mol. The zero-order chi connectivity index (χ0) is 17.6. The van der Waals surface area contributed by atoms with E-state index in [2.05, 4.69) is 47.4 Å². The molecule has 0 spiro atoms. The van der Waals surface area contributed by atoms with Gasteiger partial charge in [-0.1, -0.05) is 44.5 Å². The summed E-state index contributed by atoms with van der Waals surface area (Å²) in [6.45, 7) is 7.55. The predicted octanol–water partition coefficient (Wildman–Crippen LogP) is 3.53. The first-order chi connectivity index (χ1) is 11.4. The first-order valence-corrected chi connectivity index (χ1v) is 8.40. The van der Waals surface area contributed by atoms with Crippen molar-refractivity contribution < 1.29 is 4.42 Å². The minimum Gasteiger partial charge on any atom is -0.443 e. The van der Waals surface area contributed by atoms with Crippen LogP contribution in [0.3, 0.4) is 0 Å². The average Bonchev–Trinajstić information content (AvgIpc) is 3.00. The lowest BCUT2D eigenvalue weighted by molar-refractivity contribution is 0.379. The Labute approximate surface area is 148 Å². The Balaban J connectivity index is 1.79. The highest BCUT2D eigenvalue weighted by Crippen LogP contribution is 2.22. The molecule has 2 aromatic rings. The van der Waals surface area contributed by atoms with Gasteiger partial charge in [0.2, 0.25) is 5.89 Å². The Kier molecular flexibility index (Phi) is 6.26. The van der Waals surface area contributed by atoms with Crippen molar-refractivity contribution >= 4 is 17.6 Å². The molecule has 0 unspecified atom stereocenters. The third-order valence-electron chi connectivity index (χ3n) is 3.52. The third kappa shape index (κ3) is 5.57. The minimum absolute atomic E-state index is 0.0396. The van der Waals surface area contributed by atoms with Crippen molar-refractivity contribution in [2.75, 3.05) is 13.6 Å². The van der Waals surface area contributed by atoms with E-state index in [9.17, 15) is 0 Å². The fourth-order valence-electron chi connectivity index (χ4n) is 2.14. The van der Waals surface area contributed by atoms with Crippen molar-refractivity contribution in [3.8, 4) is 0 Å². The van der Waals surface area contributed by atoms with Crippen LogP contribution < -0.4 is 10.6 Å². The molecule has 1 aromatic carbocycles. The standard InChI is InChI=1S/C18H25ClN4O/c1-18(2,3)15-11-22-16(24-15)12-23-17(20-4)21-9-8-13-6-5-7-14(19)10-13/h5-7,10-11H,8-9,12H2,1-4H3,(H2,20,21,23). The second-order valence-electron chi connectivity index (χ2n) is 6.60. The van der Waals surface area contributed by atoms with Crippen LogP contribution in [0.1, 0.15) is 38.0 Å². The summed E-state index contributed by atoms with van der Waals surface area (Å²) in [7, 11) is 1.74. The number of benzene rings is 1. The zero-order valence-electron chi connectivity index (χ0n) is 14.7. The third-order valence-corrected chi connectivity index (χ3v) is 3.75. The maximum atomic E-state index is 5.99. The van der Waals surface area contributed by atoms with Crippen LogP contribution in [-0.2, 0) is 18.4 Å². The van der Waals surface area contributed by atoms with Gasteiger partial charge in [-0.15, -0.1) is 0 Å². The maximum absolute atomic E-state index is 5.99. The number of oxazole rings is 1. The molecular formula is C18H25ClN4O. The number of nitrogens with zero attached hydrogens (tertiary/aromatic N) is 2. The van der Waals surface area contributed by atoms with E-state index in [0.717, 1.165) is 23.7 Å². The van der Waals surface area contributed by atoms with E-state index in [4.69, 9.17) is 16.0 Å². The molecule has 2 rings (SSSR count). The summed E-state index contributed by atoms with van der Waals surface area (Å²) in [6.07, 6.45) is 2.65.